The maximum Gasteiger partial charge on any atom is 0.254 e. The topological polar surface area (TPSA) is 79.5 Å². The molecule has 0 saturated carbocycles. The molecule has 2 amide bonds. The van der Waals surface area contributed by atoms with Crippen LogP contribution in [-0.2, 0) is 0 Å². The lowest BCUT2D eigenvalue weighted by Gasteiger charge is -2.34. The molecule has 2 aromatic heterocycles. The highest BCUT2D eigenvalue weighted by molar-refractivity contribution is 5.97. The van der Waals surface area contributed by atoms with Crippen LogP contribution in [-0.4, -0.2) is 57.8 Å². The summed E-state index contributed by atoms with van der Waals surface area (Å²) >= 11 is 0. The Bertz CT molecular complexity index is 959. The summed E-state index contributed by atoms with van der Waals surface area (Å²) in [6.45, 7) is 3.81. The van der Waals surface area contributed by atoms with E-state index >= 15 is 0 Å². The molecule has 3 aromatic rings. The molecule has 1 aromatic carbocycles. The van der Waals surface area contributed by atoms with E-state index in [1.807, 2.05) is 0 Å². The Balaban J connectivity index is 1.43. The van der Waals surface area contributed by atoms with Crippen LogP contribution in [0.2, 0.25) is 0 Å². The smallest absolute Gasteiger partial charge is 0.254 e. The predicted octanol–water partition coefficient (Wildman–Crippen LogP) is 2.13. The number of oxazole rings is 1. The number of aryl methyl sites for hydroxylation is 1. The van der Waals surface area contributed by atoms with E-state index in [9.17, 15) is 9.59 Å². The first-order valence-electron chi connectivity index (χ1n) is 8.47. The lowest BCUT2D eigenvalue weighted by atomic mass is 10.1. The Morgan fingerprint density at radius 2 is 1.54 bits per heavy atom. The standard InChI is InChI=1S/C19H18N4O3/c1-13-21-16-3-2-15(12-17(16)26-13)19(25)23-10-8-22(9-11-23)18(24)14-4-6-20-7-5-14/h2-7,12H,8-11H2,1H3. The third-order valence-corrected chi connectivity index (χ3v) is 4.52. The normalized spacial score (nSPS) is 14.7. The third-order valence-electron chi connectivity index (χ3n) is 4.52. The first-order chi connectivity index (χ1) is 12.6. The van der Waals surface area contributed by atoms with Crippen molar-refractivity contribution in [1.82, 2.24) is 19.8 Å². The van der Waals surface area contributed by atoms with Crippen LogP contribution in [0.5, 0.6) is 0 Å². The molecule has 4 rings (SSSR count). The van der Waals surface area contributed by atoms with E-state index in [2.05, 4.69) is 9.97 Å². The number of hydrogen-bond acceptors (Lipinski definition) is 5. The van der Waals surface area contributed by atoms with Gasteiger partial charge in [0, 0.05) is 56.6 Å². The van der Waals surface area contributed by atoms with Gasteiger partial charge in [-0.15, -0.1) is 0 Å². The largest absolute Gasteiger partial charge is 0.441 e. The number of aromatic nitrogens is 2. The minimum Gasteiger partial charge on any atom is -0.441 e. The van der Waals surface area contributed by atoms with Gasteiger partial charge in [0.25, 0.3) is 11.8 Å². The summed E-state index contributed by atoms with van der Waals surface area (Å²) < 4.78 is 5.50. The van der Waals surface area contributed by atoms with E-state index in [0.29, 0.717) is 48.8 Å². The predicted molar refractivity (Wildman–Crippen MR) is 94.8 cm³/mol. The fourth-order valence-electron chi connectivity index (χ4n) is 3.15. The van der Waals surface area contributed by atoms with Crippen LogP contribution in [0, 0.1) is 6.92 Å². The van der Waals surface area contributed by atoms with Crippen LogP contribution in [0.1, 0.15) is 26.6 Å². The monoisotopic (exact) mass is 350 g/mol. The van der Waals surface area contributed by atoms with Crippen molar-refractivity contribution < 1.29 is 14.0 Å². The van der Waals surface area contributed by atoms with Crippen LogP contribution in [0.3, 0.4) is 0 Å². The van der Waals surface area contributed by atoms with Crippen molar-refractivity contribution in [3.63, 3.8) is 0 Å². The lowest BCUT2D eigenvalue weighted by molar-refractivity contribution is 0.0535. The van der Waals surface area contributed by atoms with Gasteiger partial charge < -0.3 is 14.2 Å². The number of carbonyl (C=O) groups is 2. The highest BCUT2D eigenvalue weighted by Gasteiger charge is 2.25. The minimum absolute atomic E-state index is 0.0296. The Kier molecular flexibility index (Phi) is 4.12. The van der Waals surface area contributed by atoms with E-state index in [-0.39, 0.29) is 11.8 Å². The fourth-order valence-corrected chi connectivity index (χ4v) is 3.15. The van der Waals surface area contributed by atoms with Crippen molar-refractivity contribution in [2.75, 3.05) is 26.2 Å². The van der Waals surface area contributed by atoms with Gasteiger partial charge in [0.05, 0.1) is 0 Å². The van der Waals surface area contributed by atoms with Crippen molar-refractivity contribution in [2.45, 2.75) is 6.92 Å². The molecular weight excluding hydrogens is 332 g/mol. The molecule has 0 unspecified atom stereocenters. The van der Waals surface area contributed by atoms with Gasteiger partial charge in [-0.3, -0.25) is 14.6 Å². The SMILES string of the molecule is Cc1nc2ccc(C(=O)N3CCN(C(=O)c4ccncc4)CC3)cc2o1. The molecule has 7 nitrogen and oxygen atoms in total. The molecule has 26 heavy (non-hydrogen) atoms. The van der Waals surface area contributed by atoms with Gasteiger partial charge in [-0.2, -0.15) is 0 Å². The number of pyridine rings is 1. The lowest BCUT2D eigenvalue weighted by Crippen LogP contribution is -2.50. The van der Waals surface area contributed by atoms with Gasteiger partial charge in [-0.1, -0.05) is 0 Å². The molecule has 0 aliphatic carbocycles. The summed E-state index contributed by atoms with van der Waals surface area (Å²) in [5.74, 6) is 0.489. The van der Waals surface area contributed by atoms with Crippen molar-refractivity contribution in [3.8, 4) is 0 Å². The van der Waals surface area contributed by atoms with E-state index in [0.717, 1.165) is 5.52 Å². The summed E-state index contributed by atoms with van der Waals surface area (Å²) in [6, 6.07) is 8.69. The first-order valence-corrected chi connectivity index (χ1v) is 8.47. The van der Waals surface area contributed by atoms with E-state index in [1.54, 1.807) is 59.4 Å². The molecule has 0 radical (unpaired) electrons. The van der Waals surface area contributed by atoms with Crippen LogP contribution < -0.4 is 0 Å². The zero-order valence-corrected chi connectivity index (χ0v) is 14.4. The molecule has 1 aliphatic rings. The molecule has 3 heterocycles. The number of nitrogens with zero attached hydrogens (tertiary/aromatic N) is 4. The van der Waals surface area contributed by atoms with Gasteiger partial charge >= 0.3 is 0 Å². The van der Waals surface area contributed by atoms with Crippen molar-refractivity contribution in [3.05, 3.63) is 59.7 Å². The number of rotatable bonds is 2. The Labute approximate surface area is 150 Å². The van der Waals surface area contributed by atoms with Gasteiger partial charge in [-0.25, -0.2) is 4.98 Å². The molecule has 7 heteroatoms. The number of piperazine rings is 1. The van der Waals surface area contributed by atoms with Gasteiger partial charge in [0.1, 0.15) is 5.52 Å². The minimum atomic E-state index is -0.0584. The van der Waals surface area contributed by atoms with E-state index in [1.165, 1.54) is 0 Å². The highest BCUT2D eigenvalue weighted by Crippen LogP contribution is 2.19. The summed E-state index contributed by atoms with van der Waals surface area (Å²) in [5.41, 5.74) is 2.54. The number of fused-ring (bicyclic) bond motifs is 1. The molecule has 0 spiro atoms. The fraction of sp³-hybridized carbons (Fsp3) is 0.263. The van der Waals surface area contributed by atoms with E-state index in [4.69, 9.17) is 4.42 Å². The summed E-state index contributed by atoms with van der Waals surface area (Å²) in [4.78, 5) is 36.9. The van der Waals surface area contributed by atoms with E-state index < -0.39 is 0 Å². The maximum atomic E-state index is 12.7. The second-order valence-corrected chi connectivity index (χ2v) is 6.24. The van der Waals surface area contributed by atoms with Crippen LogP contribution in [0.25, 0.3) is 11.1 Å². The average Bonchev–Trinajstić information content (AvgIpc) is 3.07. The van der Waals surface area contributed by atoms with Gasteiger partial charge in [0.2, 0.25) is 0 Å². The number of carbonyl (C=O) groups excluding carboxylic acids is 2. The van der Waals surface area contributed by atoms with Gasteiger partial charge in [-0.05, 0) is 30.3 Å². The zero-order valence-electron chi connectivity index (χ0n) is 14.4. The zero-order chi connectivity index (χ0) is 18.1. The second-order valence-electron chi connectivity index (χ2n) is 6.24. The molecule has 1 fully saturated rings. The number of benzene rings is 1. The Hall–Kier alpha value is -3.22. The quantitative estimate of drug-likeness (QED) is 0.707. The summed E-state index contributed by atoms with van der Waals surface area (Å²) in [5, 5.41) is 0. The van der Waals surface area contributed by atoms with Crippen molar-refractivity contribution in [1.29, 1.82) is 0 Å². The molecule has 0 N–H and O–H groups in total. The Morgan fingerprint density at radius 1 is 0.923 bits per heavy atom. The van der Waals surface area contributed by atoms with Crippen LogP contribution in [0.4, 0.5) is 0 Å². The second kappa shape index (κ2) is 6.59. The van der Waals surface area contributed by atoms with Crippen LogP contribution >= 0.6 is 0 Å². The third kappa shape index (κ3) is 3.03. The molecule has 132 valence electrons. The van der Waals surface area contributed by atoms with Gasteiger partial charge in [0.15, 0.2) is 11.5 Å². The number of hydrogen-bond donors (Lipinski definition) is 0. The van der Waals surface area contributed by atoms with Crippen molar-refractivity contribution in [2.24, 2.45) is 0 Å². The summed E-state index contributed by atoms with van der Waals surface area (Å²) in [7, 11) is 0. The van der Waals surface area contributed by atoms with Crippen molar-refractivity contribution >= 4 is 22.9 Å². The highest BCUT2D eigenvalue weighted by atomic mass is 16.3. The summed E-state index contributed by atoms with van der Waals surface area (Å²) in [6.07, 6.45) is 3.21. The molecule has 1 aliphatic heterocycles. The maximum absolute atomic E-state index is 12.7. The molecule has 0 atom stereocenters. The molecule has 1 saturated heterocycles. The first kappa shape index (κ1) is 16.3. The molecule has 0 bridgehead atoms. The van der Waals surface area contributed by atoms with Crippen LogP contribution in [0.15, 0.2) is 47.1 Å². The molecular formula is C19H18N4O3. The average molecular weight is 350 g/mol. The Morgan fingerprint density at radius 3 is 2.19 bits per heavy atom. The number of amides is 2.